The fraction of sp³-hybridized carbons (Fsp3) is 0.200. The number of hydrogen-bond donors (Lipinski definition) is 2. The van der Waals surface area contributed by atoms with Crippen LogP contribution in [0.1, 0.15) is 11.3 Å². The van der Waals surface area contributed by atoms with Crippen molar-refractivity contribution < 1.29 is 8.42 Å². The SMILES string of the molecule is Cc1cc(C)nc(NS(=O)(=O)c2cnc[nH]2)c1. The molecule has 17 heavy (non-hydrogen) atoms. The first-order valence-electron chi connectivity index (χ1n) is 4.94. The molecular weight excluding hydrogens is 240 g/mol. The number of H-pyrrole nitrogens is 1. The molecule has 2 aromatic rings. The van der Waals surface area contributed by atoms with E-state index in [1.807, 2.05) is 13.0 Å². The number of aromatic amines is 1. The van der Waals surface area contributed by atoms with Gasteiger partial charge in [0, 0.05) is 5.69 Å². The molecule has 0 amide bonds. The Kier molecular flexibility index (Phi) is 2.84. The molecule has 2 heterocycles. The molecule has 0 aromatic carbocycles. The van der Waals surface area contributed by atoms with Crippen molar-refractivity contribution in [2.45, 2.75) is 18.9 Å². The first-order valence-corrected chi connectivity index (χ1v) is 6.42. The predicted octanol–water partition coefficient (Wildman–Crippen LogP) is 1.22. The molecule has 2 aromatic heterocycles. The van der Waals surface area contributed by atoms with E-state index in [-0.39, 0.29) is 5.03 Å². The third-order valence-corrected chi connectivity index (χ3v) is 3.38. The van der Waals surface area contributed by atoms with Crippen molar-refractivity contribution in [2.75, 3.05) is 4.72 Å². The molecular formula is C10H12N4O2S. The van der Waals surface area contributed by atoms with Gasteiger partial charge in [-0.3, -0.25) is 4.72 Å². The highest BCUT2D eigenvalue weighted by atomic mass is 32.2. The number of aromatic nitrogens is 3. The summed E-state index contributed by atoms with van der Waals surface area (Å²) in [6, 6.07) is 3.54. The largest absolute Gasteiger partial charge is 0.334 e. The van der Waals surface area contributed by atoms with Gasteiger partial charge in [0.1, 0.15) is 5.82 Å². The van der Waals surface area contributed by atoms with Crippen LogP contribution in [0, 0.1) is 13.8 Å². The monoisotopic (exact) mass is 252 g/mol. The van der Waals surface area contributed by atoms with Gasteiger partial charge in [0.05, 0.1) is 12.5 Å². The minimum Gasteiger partial charge on any atom is -0.334 e. The first-order chi connectivity index (χ1) is 7.97. The average Bonchev–Trinajstić information content (AvgIpc) is 2.67. The van der Waals surface area contributed by atoms with Crippen LogP contribution in [0.2, 0.25) is 0 Å². The molecule has 0 aliphatic rings. The standard InChI is InChI=1S/C10H12N4O2S/c1-7-3-8(2)13-9(4-7)14-17(15,16)10-5-11-6-12-10/h3-6H,1-2H3,(H,11,12)(H,13,14). The summed E-state index contributed by atoms with van der Waals surface area (Å²) in [4.78, 5) is 10.3. The Balaban J connectivity index is 2.33. The molecule has 0 bridgehead atoms. The van der Waals surface area contributed by atoms with Crippen molar-refractivity contribution in [3.8, 4) is 0 Å². The molecule has 6 nitrogen and oxygen atoms in total. The van der Waals surface area contributed by atoms with Gasteiger partial charge in [0.25, 0.3) is 10.0 Å². The highest BCUT2D eigenvalue weighted by molar-refractivity contribution is 7.92. The highest BCUT2D eigenvalue weighted by Gasteiger charge is 2.16. The summed E-state index contributed by atoms with van der Waals surface area (Å²) in [5.41, 5.74) is 1.70. The fourth-order valence-electron chi connectivity index (χ4n) is 1.48. The van der Waals surface area contributed by atoms with Crippen molar-refractivity contribution in [3.63, 3.8) is 0 Å². The normalized spacial score (nSPS) is 11.4. The van der Waals surface area contributed by atoms with Crippen LogP contribution in [-0.2, 0) is 10.0 Å². The van der Waals surface area contributed by atoms with Gasteiger partial charge < -0.3 is 4.98 Å². The summed E-state index contributed by atoms with van der Waals surface area (Å²) in [5.74, 6) is 0.303. The fourth-order valence-corrected chi connectivity index (χ4v) is 2.37. The number of aryl methyl sites for hydroxylation is 2. The van der Waals surface area contributed by atoms with E-state index >= 15 is 0 Å². The summed E-state index contributed by atoms with van der Waals surface area (Å²) >= 11 is 0. The molecule has 0 atom stereocenters. The van der Waals surface area contributed by atoms with E-state index in [0.29, 0.717) is 5.82 Å². The molecule has 0 spiro atoms. The molecule has 0 saturated carbocycles. The van der Waals surface area contributed by atoms with Gasteiger partial charge in [-0.1, -0.05) is 0 Å². The molecule has 7 heteroatoms. The lowest BCUT2D eigenvalue weighted by Gasteiger charge is -2.06. The maximum absolute atomic E-state index is 11.9. The summed E-state index contributed by atoms with van der Waals surface area (Å²) in [5, 5.41) is 0.0125. The second-order valence-corrected chi connectivity index (χ2v) is 5.34. The van der Waals surface area contributed by atoms with Crippen LogP contribution in [0.5, 0.6) is 0 Å². The van der Waals surface area contributed by atoms with Crippen LogP contribution >= 0.6 is 0 Å². The number of anilines is 1. The Hall–Kier alpha value is -1.89. The zero-order valence-electron chi connectivity index (χ0n) is 9.43. The molecule has 0 aliphatic heterocycles. The minimum absolute atomic E-state index is 0.0125. The highest BCUT2D eigenvalue weighted by Crippen LogP contribution is 2.13. The number of hydrogen-bond acceptors (Lipinski definition) is 4. The average molecular weight is 252 g/mol. The lowest BCUT2D eigenvalue weighted by molar-refractivity contribution is 0.598. The number of sulfonamides is 1. The van der Waals surface area contributed by atoms with Crippen molar-refractivity contribution in [2.24, 2.45) is 0 Å². The third-order valence-electron chi connectivity index (χ3n) is 2.10. The Morgan fingerprint density at radius 1 is 1.29 bits per heavy atom. The molecule has 0 saturated heterocycles. The van der Waals surface area contributed by atoms with E-state index in [9.17, 15) is 8.42 Å². The molecule has 0 aliphatic carbocycles. The third kappa shape index (κ3) is 2.62. The van der Waals surface area contributed by atoms with E-state index in [1.165, 1.54) is 12.5 Å². The lowest BCUT2D eigenvalue weighted by atomic mass is 10.2. The van der Waals surface area contributed by atoms with E-state index in [4.69, 9.17) is 0 Å². The van der Waals surface area contributed by atoms with Crippen LogP contribution in [0.3, 0.4) is 0 Å². The Bertz CT molecular complexity index is 600. The summed E-state index contributed by atoms with van der Waals surface area (Å²) in [6.07, 6.45) is 2.55. The lowest BCUT2D eigenvalue weighted by Crippen LogP contribution is -2.14. The Labute approximate surface area is 99.2 Å². The number of nitrogens with zero attached hydrogens (tertiary/aromatic N) is 2. The van der Waals surface area contributed by atoms with Crippen molar-refractivity contribution in [1.29, 1.82) is 0 Å². The van der Waals surface area contributed by atoms with Crippen LogP contribution in [0.25, 0.3) is 0 Å². The quantitative estimate of drug-likeness (QED) is 0.859. The Morgan fingerprint density at radius 2 is 2.06 bits per heavy atom. The smallest absolute Gasteiger partial charge is 0.280 e. The Morgan fingerprint density at radius 3 is 2.65 bits per heavy atom. The summed E-state index contributed by atoms with van der Waals surface area (Å²) < 4.78 is 26.1. The van der Waals surface area contributed by atoms with E-state index in [1.54, 1.807) is 13.0 Å². The van der Waals surface area contributed by atoms with Gasteiger partial charge in [-0.15, -0.1) is 0 Å². The number of imidazole rings is 1. The van der Waals surface area contributed by atoms with Gasteiger partial charge in [-0.2, -0.15) is 8.42 Å². The van der Waals surface area contributed by atoms with E-state index < -0.39 is 10.0 Å². The van der Waals surface area contributed by atoms with Crippen LogP contribution in [0.4, 0.5) is 5.82 Å². The maximum Gasteiger partial charge on any atom is 0.280 e. The molecule has 90 valence electrons. The van der Waals surface area contributed by atoms with Gasteiger partial charge in [0.15, 0.2) is 5.03 Å². The van der Waals surface area contributed by atoms with Crippen molar-refractivity contribution >= 4 is 15.8 Å². The molecule has 2 N–H and O–H groups in total. The number of nitrogens with one attached hydrogen (secondary N) is 2. The van der Waals surface area contributed by atoms with Gasteiger partial charge in [-0.25, -0.2) is 9.97 Å². The minimum atomic E-state index is -3.63. The topological polar surface area (TPSA) is 87.7 Å². The van der Waals surface area contributed by atoms with E-state index in [2.05, 4.69) is 19.7 Å². The van der Waals surface area contributed by atoms with Gasteiger partial charge in [0.2, 0.25) is 0 Å². The molecule has 2 rings (SSSR count). The van der Waals surface area contributed by atoms with Crippen molar-refractivity contribution in [3.05, 3.63) is 35.9 Å². The van der Waals surface area contributed by atoms with Crippen LogP contribution < -0.4 is 4.72 Å². The maximum atomic E-state index is 11.9. The van der Waals surface area contributed by atoms with E-state index in [0.717, 1.165) is 11.3 Å². The second-order valence-electron chi connectivity index (χ2n) is 3.69. The zero-order valence-corrected chi connectivity index (χ0v) is 10.2. The zero-order chi connectivity index (χ0) is 12.5. The predicted molar refractivity (Wildman–Crippen MR) is 63.1 cm³/mol. The van der Waals surface area contributed by atoms with Gasteiger partial charge >= 0.3 is 0 Å². The molecule has 0 radical (unpaired) electrons. The second kappa shape index (κ2) is 4.17. The van der Waals surface area contributed by atoms with Crippen molar-refractivity contribution in [1.82, 2.24) is 15.0 Å². The van der Waals surface area contributed by atoms with Crippen LogP contribution in [0.15, 0.2) is 29.7 Å². The number of rotatable bonds is 3. The molecule has 0 fully saturated rings. The molecule has 0 unspecified atom stereocenters. The summed E-state index contributed by atoms with van der Waals surface area (Å²) in [6.45, 7) is 3.68. The van der Waals surface area contributed by atoms with Crippen LogP contribution in [-0.4, -0.2) is 23.4 Å². The van der Waals surface area contributed by atoms with Gasteiger partial charge in [-0.05, 0) is 31.5 Å². The summed E-state index contributed by atoms with van der Waals surface area (Å²) in [7, 11) is -3.63. The first kappa shape index (κ1) is 11.6. The number of pyridine rings is 1.